The van der Waals surface area contributed by atoms with Gasteiger partial charge in [0.2, 0.25) is 0 Å². The summed E-state index contributed by atoms with van der Waals surface area (Å²) >= 11 is 0. The SMILES string of the molecule is COc1cc(/C=N/NC(=O)Cn2ccc(C(F)(F)F)n2)ccc1OS(=O)(=O)c1cc(C)ccc1C. The molecule has 1 N–H and O–H groups in total. The number of benzene rings is 2. The van der Waals surface area contributed by atoms with Crippen LogP contribution < -0.4 is 14.3 Å². The van der Waals surface area contributed by atoms with E-state index >= 15 is 0 Å². The highest BCUT2D eigenvalue weighted by atomic mass is 32.2. The van der Waals surface area contributed by atoms with Gasteiger partial charge in [0.05, 0.1) is 13.3 Å². The van der Waals surface area contributed by atoms with E-state index in [2.05, 4.69) is 15.6 Å². The van der Waals surface area contributed by atoms with Crippen molar-refractivity contribution in [3.8, 4) is 11.5 Å². The molecular weight excluding hydrogens is 489 g/mol. The molecule has 35 heavy (non-hydrogen) atoms. The van der Waals surface area contributed by atoms with Gasteiger partial charge in [-0.05, 0) is 60.9 Å². The summed E-state index contributed by atoms with van der Waals surface area (Å²) in [7, 11) is -2.80. The standard InChI is InChI=1S/C22H21F3N4O5S/c1-14-4-5-15(2)19(10-14)35(31,32)34-17-7-6-16(11-18(17)33-3)12-26-27-21(30)13-29-9-8-20(28-29)22(23,24)25/h4-12H,13H2,1-3H3,(H,27,30)/b26-12+. The lowest BCUT2D eigenvalue weighted by molar-refractivity contribution is -0.141. The summed E-state index contributed by atoms with van der Waals surface area (Å²) < 4.78 is 74.6. The second-order valence-electron chi connectivity index (χ2n) is 7.41. The van der Waals surface area contributed by atoms with Crippen LogP contribution in [0, 0.1) is 13.8 Å². The summed E-state index contributed by atoms with van der Waals surface area (Å²) in [4.78, 5) is 11.9. The normalized spacial score (nSPS) is 12.1. The number of hydrogen-bond acceptors (Lipinski definition) is 7. The van der Waals surface area contributed by atoms with Crippen LogP contribution in [0.5, 0.6) is 11.5 Å². The quantitative estimate of drug-likeness (QED) is 0.282. The molecule has 186 valence electrons. The monoisotopic (exact) mass is 510 g/mol. The largest absolute Gasteiger partial charge is 0.493 e. The molecule has 1 amide bonds. The first-order valence-corrected chi connectivity index (χ1v) is 11.4. The summed E-state index contributed by atoms with van der Waals surface area (Å²) in [5, 5.41) is 7.02. The Morgan fingerprint density at radius 3 is 2.54 bits per heavy atom. The Labute approximate surface area is 199 Å². The molecule has 3 aromatic rings. The van der Waals surface area contributed by atoms with Crippen molar-refractivity contribution in [1.29, 1.82) is 0 Å². The lowest BCUT2D eigenvalue weighted by atomic mass is 10.2. The van der Waals surface area contributed by atoms with E-state index in [1.165, 1.54) is 37.6 Å². The van der Waals surface area contributed by atoms with Gasteiger partial charge in [-0.2, -0.15) is 31.8 Å². The number of hydrogen-bond donors (Lipinski definition) is 1. The average Bonchev–Trinajstić information content (AvgIpc) is 3.25. The van der Waals surface area contributed by atoms with Gasteiger partial charge in [-0.3, -0.25) is 9.48 Å². The van der Waals surface area contributed by atoms with Crippen molar-refractivity contribution in [3.63, 3.8) is 0 Å². The van der Waals surface area contributed by atoms with Crippen LogP contribution in [-0.4, -0.2) is 37.4 Å². The van der Waals surface area contributed by atoms with Crippen LogP contribution >= 0.6 is 0 Å². The molecule has 0 unspecified atom stereocenters. The molecule has 0 aliphatic rings. The third kappa shape index (κ3) is 6.59. The average molecular weight is 510 g/mol. The Bertz CT molecular complexity index is 1370. The van der Waals surface area contributed by atoms with Crippen LogP contribution in [0.15, 0.2) is 58.7 Å². The molecule has 2 aromatic carbocycles. The molecule has 0 saturated carbocycles. The zero-order valence-electron chi connectivity index (χ0n) is 18.8. The molecule has 0 spiro atoms. The van der Waals surface area contributed by atoms with Crippen molar-refractivity contribution < 1.29 is 35.3 Å². The van der Waals surface area contributed by atoms with E-state index in [9.17, 15) is 26.4 Å². The van der Waals surface area contributed by atoms with Crippen molar-refractivity contribution in [2.75, 3.05) is 7.11 Å². The predicted octanol–water partition coefficient (Wildman–Crippen LogP) is 3.45. The van der Waals surface area contributed by atoms with Crippen molar-refractivity contribution >= 4 is 22.2 Å². The number of rotatable bonds is 8. The molecule has 0 aliphatic carbocycles. The zero-order chi connectivity index (χ0) is 25.8. The number of carbonyl (C=O) groups excluding carboxylic acids is 1. The highest BCUT2D eigenvalue weighted by Crippen LogP contribution is 2.31. The smallest absolute Gasteiger partial charge is 0.435 e. The van der Waals surface area contributed by atoms with E-state index in [0.29, 0.717) is 11.1 Å². The van der Waals surface area contributed by atoms with E-state index in [1.54, 1.807) is 26.0 Å². The van der Waals surface area contributed by atoms with Crippen molar-refractivity contribution in [2.24, 2.45) is 5.10 Å². The van der Waals surface area contributed by atoms with Crippen molar-refractivity contribution in [3.05, 3.63) is 71.0 Å². The number of aryl methyl sites for hydroxylation is 2. The highest BCUT2D eigenvalue weighted by molar-refractivity contribution is 7.87. The molecule has 0 aliphatic heterocycles. The van der Waals surface area contributed by atoms with Gasteiger partial charge < -0.3 is 8.92 Å². The summed E-state index contributed by atoms with van der Waals surface area (Å²) in [5.74, 6) is -0.649. The highest BCUT2D eigenvalue weighted by Gasteiger charge is 2.33. The maximum atomic E-state index is 12.8. The number of nitrogens with one attached hydrogen (secondary N) is 1. The van der Waals surface area contributed by atoms with Crippen LogP contribution in [0.25, 0.3) is 0 Å². The maximum Gasteiger partial charge on any atom is 0.435 e. The number of ether oxygens (including phenoxy) is 1. The molecule has 1 heterocycles. The number of halogens is 3. The van der Waals surface area contributed by atoms with Gasteiger partial charge in [0.15, 0.2) is 17.2 Å². The molecule has 1 aromatic heterocycles. The molecule has 0 atom stereocenters. The van der Waals surface area contributed by atoms with Crippen LogP contribution in [0.2, 0.25) is 0 Å². The first-order chi connectivity index (χ1) is 16.4. The Morgan fingerprint density at radius 2 is 1.89 bits per heavy atom. The van der Waals surface area contributed by atoms with Gasteiger partial charge in [-0.1, -0.05) is 12.1 Å². The Morgan fingerprint density at radius 1 is 1.14 bits per heavy atom. The minimum Gasteiger partial charge on any atom is -0.493 e. The van der Waals surface area contributed by atoms with Crippen LogP contribution in [-0.2, 0) is 27.6 Å². The predicted molar refractivity (Wildman–Crippen MR) is 120 cm³/mol. The molecular formula is C22H21F3N4O5S. The van der Waals surface area contributed by atoms with Gasteiger partial charge in [0.1, 0.15) is 11.4 Å². The fraction of sp³-hybridized carbons (Fsp3) is 0.227. The van der Waals surface area contributed by atoms with E-state index in [4.69, 9.17) is 8.92 Å². The Kier molecular flexibility index (Phi) is 7.48. The summed E-state index contributed by atoms with van der Waals surface area (Å²) in [5.41, 5.74) is 2.77. The molecule has 0 radical (unpaired) electrons. The van der Waals surface area contributed by atoms with Gasteiger partial charge >= 0.3 is 16.3 Å². The number of hydrazone groups is 1. The van der Waals surface area contributed by atoms with E-state index in [-0.39, 0.29) is 16.4 Å². The second-order valence-corrected chi connectivity index (χ2v) is 8.92. The number of aromatic nitrogens is 2. The van der Waals surface area contributed by atoms with Crippen LogP contribution in [0.4, 0.5) is 13.2 Å². The molecule has 0 saturated heterocycles. The van der Waals surface area contributed by atoms with Gasteiger partial charge in [0.25, 0.3) is 5.91 Å². The first-order valence-electron chi connectivity index (χ1n) is 10.0. The fourth-order valence-corrected chi connectivity index (χ4v) is 4.19. The maximum absolute atomic E-state index is 12.8. The minimum absolute atomic E-state index is 0.0347. The summed E-state index contributed by atoms with van der Waals surface area (Å²) in [6, 6.07) is 10.0. The Balaban J connectivity index is 1.67. The zero-order valence-corrected chi connectivity index (χ0v) is 19.6. The van der Waals surface area contributed by atoms with E-state index < -0.39 is 34.4 Å². The minimum atomic E-state index is -4.60. The van der Waals surface area contributed by atoms with Crippen LogP contribution in [0.3, 0.4) is 0 Å². The van der Waals surface area contributed by atoms with Gasteiger partial charge in [0, 0.05) is 6.20 Å². The number of nitrogens with zero attached hydrogens (tertiary/aromatic N) is 3. The molecule has 9 nitrogen and oxygen atoms in total. The first kappa shape index (κ1) is 25.7. The summed E-state index contributed by atoms with van der Waals surface area (Å²) in [6.07, 6.45) is -2.33. The third-order valence-electron chi connectivity index (χ3n) is 4.64. The molecule has 3 rings (SSSR count). The van der Waals surface area contributed by atoms with Crippen molar-refractivity contribution in [1.82, 2.24) is 15.2 Å². The topological polar surface area (TPSA) is 112 Å². The van der Waals surface area contributed by atoms with E-state index in [0.717, 1.165) is 22.5 Å². The van der Waals surface area contributed by atoms with Crippen molar-refractivity contribution in [2.45, 2.75) is 31.5 Å². The molecule has 0 fully saturated rings. The number of alkyl halides is 3. The molecule has 13 heteroatoms. The Hall–Kier alpha value is -3.87. The van der Waals surface area contributed by atoms with Gasteiger partial charge in [-0.15, -0.1) is 0 Å². The fourth-order valence-electron chi connectivity index (χ4n) is 2.94. The number of carbonyl (C=O) groups is 1. The lowest BCUT2D eigenvalue weighted by Crippen LogP contribution is -2.23. The lowest BCUT2D eigenvalue weighted by Gasteiger charge is -2.13. The number of methoxy groups -OCH3 is 1. The van der Waals surface area contributed by atoms with Crippen LogP contribution in [0.1, 0.15) is 22.4 Å². The number of amides is 1. The second kappa shape index (κ2) is 10.2. The summed E-state index contributed by atoms with van der Waals surface area (Å²) in [6.45, 7) is 2.95. The van der Waals surface area contributed by atoms with E-state index in [1.807, 2.05) is 0 Å². The van der Waals surface area contributed by atoms with Gasteiger partial charge in [-0.25, -0.2) is 5.43 Å². The molecule has 0 bridgehead atoms. The third-order valence-corrected chi connectivity index (χ3v) is 6.02.